The smallest absolute Gasteiger partial charge is 0.240 e. The van der Waals surface area contributed by atoms with Gasteiger partial charge in [0.2, 0.25) is 5.91 Å². The monoisotopic (exact) mass is 261 g/mol. The molecule has 1 fully saturated rings. The number of hydrogen-bond donors (Lipinski definition) is 1. The van der Waals surface area contributed by atoms with Crippen LogP contribution in [0.4, 0.5) is 0 Å². The van der Waals surface area contributed by atoms with Crippen LogP contribution in [0.2, 0.25) is 0 Å². The number of carbonyl (C=O) groups excluding carboxylic acids is 1. The van der Waals surface area contributed by atoms with E-state index in [1.165, 1.54) is 24.2 Å². The molecule has 2 aliphatic heterocycles. The fraction of sp³-hybridized carbons (Fsp3) is 0.667. The fourth-order valence-corrected chi connectivity index (χ4v) is 3.38. The van der Waals surface area contributed by atoms with Gasteiger partial charge in [-0.05, 0) is 45.4 Å². The van der Waals surface area contributed by atoms with Crippen LogP contribution in [0.25, 0.3) is 0 Å². The Bertz CT molecular complexity index is 474. The number of nitrogens with zero attached hydrogens (tertiary/aromatic N) is 2. The summed E-state index contributed by atoms with van der Waals surface area (Å²) in [4.78, 5) is 14.7. The standard InChI is InChI=1S/C15H23N3O/c1-11-6-7-14-12(2)18(10-9-17(11)14)15(19)13-5-3-4-8-16-13/h6-7,12-13,16H,3-5,8-10H2,1-2H3/t12?,13-/m0/s1. The summed E-state index contributed by atoms with van der Waals surface area (Å²) in [6, 6.07) is 4.55. The van der Waals surface area contributed by atoms with E-state index in [9.17, 15) is 4.79 Å². The lowest BCUT2D eigenvalue weighted by atomic mass is 10.0. The van der Waals surface area contributed by atoms with Crippen LogP contribution in [0.15, 0.2) is 12.1 Å². The van der Waals surface area contributed by atoms with Crippen LogP contribution in [-0.4, -0.2) is 34.5 Å². The van der Waals surface area contributed by atoms with Gasteiger partial charge in [-0.15, -0.1) is 0 Å². The van der Waals surface area contributed by atoms with Crippen molar-refractivity contribution < 1.29 is 4.79 Å². The van der Waals surface area contributed by atoms with Gasteiger partial charge in [0.25, 0.3) is 0 Å². The molecule has 1 amide bonds. The van der Waals surface area contributed by atoms with Crippen LogP contribution in [0.3, 0.4) is 0 Å². The second-order valence-corrected chi connectivity index (χ2v) is 5.76. The van der Waals surface area contributed by atoms with E-state index in [-0.39, 0.29) is 18.0 Å². The van der Waals surface area contributed by atoms with Crippen molar-refractivity contribution in [1.29, 1.82) is 0 Å². The first-order valence-electron chi connectivity index (χ1n) is 7.38. The first-order chi connectivity index (χ1) is 9.18. The molecule has 0 spiro atoms. The Morgan fingerprint density at radius 1 is 1.32 bits per heavy atom. The number of amides is 1. The lowest BCUT2D eigenvalue weighted by molar-refractivity contribution is -0.137. The maximum Gasteiger partial charge on any atom is 0.240 e. The van der Waals surface area contributed by atoms with Crippen molar-refractivity contribution >= 4 is 5.91 Å². The van der Waals surface area contributed by atoms with Gasteiger partial charge in [0, 0.05) is 24.5 Å². The molecule has 1 aromatic heterocycles. The topological polar surface area (TPSA) is 37.3 Å². The summed E-state index contributed by atoms with van der Waals surface area (Å²) >= 11 is 0. The van der Waals surface area contributed by atoms with Crippen molar-refractivity contribution in [2.45, 2.75) is 51.7 Å². The van der Waals surface area contributed by atoms with E-state index >= 15 is 0 Å². The molecular weight excluding hydrogens is 238 g/mol. The normalized spacial score (nSPS) is 27.2. The number of aryl methyl sites for hydroxylation is 1. The SMILES string of the molecule is Cc1ccc2n1CCN(C(=O)[C@@H]1CCCCN1)C2C. The van der Waals surface area contributed by atoms with Crippen molar-refractivity contribution in [3.8, 4) is 0 Å². The fourth-order valence-electron chi connectivity index (χ4n) is 3.38. The third-order valence-electron chi connectivity index (χ3n) is 4.58. The van der Waals surface area contributed by atoms with Gasteiger partial charge < -0.3 is 14.8 Å². The highest BCUT2D eigenvalue weighted by molar-refractivity contribution is 5.82. The first kappa shape index (κ1) is 12.7. The molecular formula is C15H23N3O. The van der Waals surface area contributed by atoms with Crippen LogP contribution in [0, 0.1) is 6.92 Å². The molecule has 0 aromatic carbocycles. The predicted molar refractivity (Wildman–Crippen MR) is 74.9 cm³/mol. The number of aromatic nitrogens is 1. The summed E-state index contributed by atoms with van der Waals surface area (Å²) in [6.45, 7) is 7.02. The molecule has 4 heteroatoms. The molecule has 2 atom stereocenters. The number of hydrogen-bond acceptors (Lipinski definition) is 2. The minimum Gasteiger partial charge on any atom is -0.345 e. The molecule has 19 heavy (non-hydrogen) atoms. The van der Waals surface area contributed by atoms with Crippen molar-refractivity contribution in [3.05, 3.63) is 23.5 Å². The van der Waals surface area contributed by atoms with E-state index in [1.807, 2.05) is 0 Å². The zero-order chi connectivity index (χ0) is 13.4. The second kappa shape index (κ2) is 5.00. The Balaban J connectivity index is 1.77. The van der Waals surface area contributed by atoms with Crippen molar-refractivity contribution in [1.82, 2.24) is 14.8 Å². The summed E-state index contributed by atoms with van der Waals surface area (Å²) in [5.74, 6) is 0.289. The highest BCUT2D eigenvalue weighted by Crippen LogP contribution is 2.28. The highest BCUT2D eigenvalue weighted by atomic mass is 16.2. The largest absolute Gasteiger partial charge is 0.345 e. The Kier molecular flexibility index (Phi) is 3.35. The van der Waals surface area contributed by atoms with Gasteiger partial charge in [-0.25, -0.2) is 0 Å². The molecule has 0 radical (unpaired) electrons. The molecule has 1 saturated heterocycles. The van der Waals surface area contributed by atoms with Gasteiger partial charge in [-0.3, -0.25) is 4.79 Å². The average Bonchev–Trinajstić information content (AvgIpc) is 2.82. The maximum atomic E-state index is 12.6. The lowest BCUT2D eigenvalue weighted by Crippen LogP contribution is -2.51. The van der Waals surface area contributed by atoms with E-state index in [2.05, 4.69) is 40.8 Å². The summed E-state index contributed by atoms with van der Waals surface area (Å²) in [6.07, 6.45) is 3.35. The first-order valence-corrected chi connectivity index (χ1v) is 7.38. The number of piperidine rings is 1. The Hall–Kier alpha value is -1.29. The molecule has 4 nitrogen and oxygen atoms in total. The molecule has 0 bridgehead atoms. The molecule has 1 aromatic rings. The minimum atomic E-state index is 0.0406. The summed E-state index contributed by atoms with van der Waals surface area (Å²) in [5.41, 5.74) is 2.57. The lowest BCUT2D eigenvalue weighted by Gasteiger charge is -2.38. The molecule has 0 saturated carbocycles. The number of rotatable bonds is 1. The van der Waals surface area contributed by atoms with E-state index in [1.54, 1.807) is 0 Å². The summed E-state index contributed by atoms with van der Waals surface area (Å²) in [7, 11) is 0. The van der Waals surface area contributed by atoms with E-state index < -0.39 is 0 Å². The maximum absolute atomic E-state index is 12.6. The Morgan fingerprint density at radius 2 is 2.16 bits per heavy atom. The van der Waals surface area contributed by atoms with E-state index in [0.717, 1.165) is 26.1 Å². The zero-order valence-corrected chi connectivity index (χ0v) is 11.9. The third-order valence-corrected chi connectivity index (χ3v) is 4.58. The molecule has 3 rings (SSSR count). The van der Waals surface area contributed by atoms with Crippen LogP contribution >= 0.6 is 0 Å². The highest BCUT2D eigenvalue weighted by Gasteiger charge is 2.32. The van der Waals surface area contributed by atoms with E-state index in [0.29, 0.717) is 0 Å². The molecule has 0 aliphatic carbocycles. The van der Waals surface area contributed by atoms with Crippen molar-refractivity contribution in [3.63, 3.8) is 0 Å². The van der Waals surface area contributed by atoms with Gasteiger partial charge >= 0.3 is 0 Å². The summed E-state index contributed by atoms with van der Waals surface area (Å²) < 4.78 is 2.34. The van der Waals surface area contributed by atoms with Crippen molar-refractivity contribution in [2.75, 3.05) is 13.1 Å². The van der Waals surface area contributed by atoms with E-state index in [4.69, 9.17) is 0 Å². The Labute approximate surface area is 114 Å². The summed E-state index contributed by atoms with van der Waals surface area (Å²) in [5, 5.41) is 3.37. The second-order valence-electron chi connectivity index (χ2n) is 5.76. The van der Waals surface area contributed by atoms with Gasteiger partial charge in [-0.2, -0.15) is 0 Å². The molecule has 3 heterocycles. The van der Waals surface area contributed by atoms with Crippen molar-refractivity contribution in [2.24, 2.45) is 0 Å². The van der Waals surface area contributed by atoms with Gasteiger partial charge in [0.05, 0.1) is 12.1 Å². The van der Waals surface area contributed by atoms with Crippen LogP contribution in [-0.2, 0) is 11.3 Å². The van der Waals surface area contributed by atoms with Crippen LogP contribution < -0.4 is 5.32 Å². The average molecular weight is 261 g/mol. The van der Waals surface area contributed by atoms with Crippen LogP contribution in [0.5, 0.6) is 0 Å². The molecule has 1 N–H and O–H groups in total. The van der Waals surface area contributed by atoms with Crippen LogP contribution in [0.1, 0.15) is 43.6 Å². The minimum absolute atomic E-state index is 0.0406. The molecule has 104 valence electrons. The number of nitrogens with one attached hydrogen (secondary N) is 1. The van der Waals surface area contributed by atoms with Gasteiger partial charge in [0.15, 0.2) is 0 Å². The quantitative estimate of drug-likeness (QED) is 0.837. The Morgan fingerprint density at radius 3 is 2.89 bits per heavy atom. The number of fused-ring (bicyclic) bond motifs is 1. The van der Waals surface area contributed by atoms with Gasteiger partial charge in [0.1, 0.15) is 0 Å². The third kappa shape index (κ3) is 2.18. The molecule has 2 aliphatic rings. The predicted octanol–water partition coefficient (Wildman–Crippen LogP) is 1.84. The molecule has 1 unspecified atom stereocenters. The van der Waals surface area contributed by atoms with Gasteiger partial charge in [-0.1, -0.05) is 6.42 Å². The zero-order valence-electron chi connectivity index (χ0n) is 11.9. The number of carbonyl (C=O) groups is 1.